The van der Waals surface area contributed by atoms with Gasteiger partial charge in [-0.05, 0) is 49.9 Å². The Morgan fingerprint density at radius 3 is 2.69 bits per heavy atom. The Hall–Kier alpha value is -2.69. The van der Waals surface area contributed by atoms with Gasteiger partial charge in [0.1, 0.15) is 5.69 Å². The van der Waals surface area contributed by atoms with Crippen molar-refractivity contribution in [2.75, 3.05) is 24.5 Å². The number of pyridine rings is 1. The van der Waals surface area contributed by atoms with Crippen LogP contribution in [0.5, 0.6) is 0 Å². The molecule has 0 N–H and O–H groups in total. The van der Waals surface area contributed by atoms with Crippen LogP contribution in [0.3, 0.4) is 0 Å². The van der Waals surface area contributed by atoms with Gasteiger partial charge in [0.15, 0.2) is 0 Å². The van der Waals surface area contributed by atoms with Crippen LogP contribution in [0.15, 0.2) is 48.7 Å². The molecule has 1 saturated heterocycles. The van der Waals surface area contributed by atoms with Crippen molar-refractivity contribution in [1.82, 2.24) is 9.88 Å². The number of hydrogen-bond donors (Lipinski definition) is 0. The fourth-order valence-electron chi connectivity index (χ4n) is 3.42. The van der Waals surface area contributed by atoms with Crippen LogP contribution in [0.2, 0.25) is 0 Å². The Labute approximate surface area is 154 Å². The fourth-order valence-corrected chi connectivity index (χ4v) is 3.42. The lowest BCUT2D eigenvalue weighted by atomic mass is 10.00. The molecule has 1 fully saturated rings. The first-order valence-corrected chi connectivity index (χ1v) is 9.22. The normalized spacial score (nSPS) is 17.0. The Morgan fingerprint density at radius 1 is 1.23 bits per heavy atom. The molecule has 1 aromatic carbocycles. The first-order chi connectivity index (χ1) is 12.6. The molecule has 26 heavy (non-hydrogen) atoms. The van der Waals surface area contributed by atoms with Crippen LogP contribution in [-0.2, 0) is 0 Å². The number of likely N-dealkylation sites (tertiary alicyclic amines) is 1. The molecule has 3 rings (SSSR count). The van der Waals surface area contributed by atoms with Gasteiger partial charge in [-0.25, -0.2) is 0 Å². The molecule has 136 valence electrons. The Bertz CT molecular complexity index is 776. The molecular weight excluding hydrogens is 326 g/mol. The summed E-state index contributed by atoms with van der Waals surface area (Å²) in [7, 11) is 0. The Balaban J connectivity index is 1.82. The van der Waals surface area contributed by atoms with Crippen molar-refractivity contribution < 1.29 is 9.59 Å². The number of aromatic nitrogens is 1. The molecule has 1 atom stereocenters. The smallest absolute Gasteiger partial charge is 0.272 e. The molecule has 0 radical (unpaired) electrons. The van der Waals surface area contributed by atoms with Crippen LogP contribution in [0.1, 0.15) is 47.5 Å². The van der Waals surface area contributed by atoms with E-state index in [9.17, 15) is 9.59 Å². The largest absolute Gasteiger partial charge is 0.337 e. The number of amides is 2. The predicted octanol–water partition coefficient (Wildman–Crippen LogP) is 3.62. The molecule has 1 aliphatic rings. The zero-order valence-electron chi connectivity index (χ0n) is 15.4. The maximum atomic E-state index is 13.0. The summed E-state index contributed by atoms with van der Waals surface area (Å²) in [6.45, 7) is 6.16. The lowest BCUT2D eigenvalue weighted by molar-refractivity contribution is 0.0677. The summed E-state index contributed by atoms with van der Waals surface area (Å²) in [5, 5.41) is 0. The zero-order chi connectivity index (χ0) is 18.5. The monoisotopic (exact) mass is 351 g/mol. The minimum Gasteiger partial charge on any atom is -0.337 e. The number of para-hydroxylation sites is 1. The maximum Gasteiger partial charge on any atom is 0.272 e. The van der Waals surface area contributed by atoms with Crippen molar-refractivity contribution >= 4 is 17.5 Å². The quantitative estimate of drug-likeness (QED) is 0.845. The van der Waals surface area contributed by atoms with E-state index in [2.05, 4.69) is 11.9 Å². The van der Waals surface area contributed by atoms with E-state index in [-0.39, 0.29) is 11.8 Å². The minimum absolute atomic E-state index is 0.0889. The van der Waals surface area contributed by atoms with Crippen LogP contribution >= 0.6 is 0 Å². The number of hydrogen-bond acceptors (Lipinski definition) is 3. The second-order valence-corrected chi connectivity index (χ2v) is 6.81. The van der Waals surface area contributed by atoms with Crippen molar-refractivity contribution in [2.45, 2.75) is 26.7 Å². The van der Waals surface area contributed by atoms with Gasteiger partial charge in [0, 0.05) is 37.1 Å². The van der Waals surface area contributed by atoms with E-state index in [1.807, 2.05) is 42.2 Å². The topological polar surface area (TPSA) is 53.5 Å². The van der Waals surface area contributed by atoms with Crippen LogP contribution < -0.4 is 4.90 Å². The van der Waals surface area contributed by atoms with Gasteiger partial charge in [-0.3, -0.25) is 14.6 Å². The van der Waals surface area contributed by atoms with E-state index in [1.165, 1.54) is 0 Å². The molecule has 0 aliphatic carbocycles. The lowest BCUT2D eigenvalue weighted by Crippen LogP contribution is -2.39. The number of piperidine rings is 1. The van der Waals surface area contributed by atoms with E-state index in [0.717, 1.165) is 31.6 Å². The van der Waals surface area contributed by atoms with Crippen LogP contribution in [0.4, 0.5) is 5.69 Å². The number of carbonyl (C=O) groups is 2. The van der Waals surface area contributed by atoms with Crippen molar-refractivity contribution in [1.29, 1.82) is 0 Å². The first kappa shape index (κ1) is 18.1. The highest BCUT2D eigenvalue weighted by molar-refractivity contribution is 6.07. The maximum absolute atomic E-state index is 13.0. The lowest BCUT2D eigenvalue weighted by Gasteiger charge is -2.30. The van der Waals surface area contributed by atoms with Crippen molar-refractivity contribution in [3.8, 4) is 0 Å². The van der Waals surface area contributed by atoms with Crippen molar-refractivity contribution in [3.63, 3.8) is 0 Å². The summed E-state index contributed by atoms with van der Waals surface area (Å²) >= 11 is 0. The third kappa shape index (κ3) is 3.93. The van der Waals surface area contributed by atoms with Gasteiger partial charge >= 0.3 is 0 Å². The third-order valence-corrected chi connectivity index (χ3v) is 4.80. The van der Waals surface area contributed by atoms with Crippen molar-refractivity contribution in [2.24, 2.45) is 5.92 Å². The molecule has 0 bridgehead atoms. The molecule has 1 aromatic heterocycles. The van der Waals surface area contributed by atoms with Gasteiger partial charge < -0.3 is 9.80 Å². The molecule has 0 spiro atoms. The van der Waals surface area contributed by atoms with E-state index in [1.54, 1.807) is 23.2 Å². The van der Waals surface area contributed by atoms with Gasteiger partial charge in [-0.15, -0.1) is 0 Å². The molecule has 0 saturated carbocycles. The minimum atomic E-state index is -0.123. The number of rotatable bonds is 4. The third-order valence-electron chi connectivity index (χ3n) is 4.80. The molecule has 5 heteroatoms. The molecule has 1 aliphatic heterocycles. The van der Waals surface area contributed by atoms with Gasteiger partial charge in [0.2, 0.25) is 0 Å². The number of nitrogens with zero attached hydrogens (tertiary/aromatic N) is 3. The van der Waals surface area contributed by atoms with Gasteiger partial charge in [-0.1, -0.05) is 25.1 Å². The summed E-state index contributed by atoms with van der Waals surface area (Å²) in [5.74, 6) is 0.294. The summed E-state index contributed by atoms with van der Waals surface area (Å²) in [5.41, 5.74) is 1.67. The van der Waals surface area contributed by atoms with Crippen LogP contribution in [-0.4, -0.2) is 41.3 Å². The van der Waals surface area contributed by atoms with E-state index < -0.39 is 0 Å². The second-order valence-electron chi connectivity index (χ2n) is 6.81. The highest BCUT2D eigenvalue weighted by Crippen LogP contribution is 2.19. The molecule has 2 amide bonds. The highest BCUT2D eigenvalue weighted by Gasteiger charge is 2.24. The fraction of sp³-hybridized carbons (Fsp3) is 0.381. The molecule has 2 heterocycles. The van der Waals surface area contributed by atoms with Gasteiger partial charge in [0.25, 0.3) is 11.8 Å². The average Bonchev–Trinajstić information content (AvgIpc) is 2.69. The van der Waals surface area contributed by atoms with Gasteiger partial charge in [0.05, 0.1) is 0 Å². The van der Waals surface area contributed by atoms with Gasteiger partial charge in [-0.2, -0.15) is 0 Å². The predicted molar refractivity (Wildman–Crippen MR) is 102 cm³/mol. The van der Waals surface area contributed by atoms with Crippen LogP contribution in [0, 0.1) is 5.92 Å². The zero-order valence-corrected chi connectivity index (χ0v) is 15.4. The number of carbonyl (C=O) groups excluding carboxylic acids is 2. The highest BCUT2D eigenvalue weighted by atomic mass is 16.2. The Morgan fingerprint density at radius 2 is 2.00 bits per heavy atom. The molecule has 1 unspecified atom stereocenters. The van der Waals surface area contributed by atoms with Crippen LogP contribution in [0.25, 0.3) is 0 Å². The summed E-state index contributed by atoms with van der Waals surface area (Å²) < 4.78 is 0. The number of anilines is 1. The Kier molecular flexibility index (Phi) is 5.66. The van der Waals surface area contributed by atoms with Crippen molar-refractivity contribution in [3.05, 3.63) is 59.9 Å². The molecular formula is C21H25N3O2. The second kappa shape index (κ2) is 8.13. The average molecular weight is 351 g/mol. The standard InChI is InChI=1S/C21H25N3O2/c1-3-24(18-9-5-4-6-10-18)20(25)17-11-12-22-19(14-17)21(26)23-13-7-8-16(2)15-23/h4-6,9-12,14,16H,3,7-8,13,15H2,1-2H3. The molecule has 2 aromatic rings. The summed E-state index contributed by atoms with van der Waals surface area (Å²) in [6.07, 6.45) is 3.72. The van der Waals surface area contributed by atoms with E-state index in [0.29, 0.717) is 23.7 Å². The summed E-state index contributed by atoms with van der Waals surface area (Å²) in [6, 6.07) is 12.8. The summed E-state index contributed by atoms with van der Waals surface area (Å²) in [4.78, 5) is 33.5. The molecule has 5 nitrogen and oxygen atoms in total. The first-order valence-electron chi connectivity index (χ1n) is 9.22. The SMILES string of the molecule is CCN(C(=O)c1ccnc(C(=O)N2CCCC(C)C2)c1)c1ccccc1. The van der Waals surface area contributed by atoms with E-state index >= 15 is 0 Å². The van der Waals surface area contributed by atoms with E-state index in [4.69, 9.17) is 0 Å². The number of benzene rings is 1.